The molecule has 10 heteroatoms. The van der Waals surface area contributed by atoms with Crippen molar-refractivity contribution in [3.05, 3.63) is 59.7 Å². The summed E-state index contributed by atoms with van der Waals surface area (Å²) >= 11 is 0. The fourth-order valence-corrected chi connectivity index (χ4v) is 6.30. The van der Waals surface area contributed by atoms with E-state index in [2.05, 4.69) is 0 Å². The maximum atomic E-state index is 13.5. The molecule has 1 atom stereocenters. The monoisotopic (exact) mass is 449 g/mol. The van der Waals surface area contributed by atoms with Gasteiger partial charge in [-0.05, 0) is 48.6 Å². The second-order valence-corrected chi connectivity index (χ2v) is 11.0. The molecule has 2 aromatic rings. The van der Waals surface area contributed by atoms with E-state index in [-0.39, 0.29) is 28.7 Å². The molecule has 0 saturated carbocycles. The second kappa shape index (κ2) is 7.77. The lowest BCUT2D eigenvalue weighted by atomic mass is 9.95. The third kappa shape index (κ3) is 3.87. The van der Waals surface area contributed by atoms with E-state index < -0.39 is 26.1 Å². The van der Waals surface area contributed by atoms with Crippen LogP contribution in [0.4, 0.5) is 0 Å². The largest absolute Gasteiger partial charge is 0.341 e. The Morgan fingerprint density at radius 2 is 1.53 bits per heavy atom. The van der Waals surface area contributed by atoms with Crippen LogP contribution in [0.5, 0.6) is 0 Å². The first-order valence-electron chi connectivity index (χ1n) is 9.68. The van der Waals surface area contributed by atoms with Gasteiger partial charge in [-0.3, -0.25) is 4.79 Å². The average Bonchev–Trinajstić information content (AvgIpc) is 3.26. The Morgan fingerprint density at radius 1 is 0.900 bits per heavy atom. The molecular formula is C20H23N3O5S2. The Morgan fingerprint density at radius 3 is 2.20 bits per heavy atom. The number of likely N-dealkylation sites (tertiary alicyclic amines) is 1. The van der Waals surface area contributed by atoms with Gasteiger partial charge in [-0.15, -0.1) is 0 Å². The molecule has 2 heterocycles. The number of carbonyl (C=O) groups excluding carboxylic acids is 1. The number of nitrogens with two attached hydrogens (primary N) is 1. The molecule has 2 aromatic carbocycles. The van der Waals surface area contributed by atoms with Crippen LogP contribution in [0.2, 0.25) is 0 Å². The van der Waals surface area contributed by atoms with Crippen molar-refractivity contribution in [2.45, 2.75) is 41.6 Å². The van der Waals surface area contributed by atoms with Crippen LogP contribution in [0.3, 0.4) is 0 Å². The van der Waals surface area contributed by atoms with Gasteiger partial charge in [-0.1, -0.05) is 30.3 Å². The molecule has 4 rings (SSSR count). The predicted molar refractivity (Wildman–Crippen MR) is 110 cm³/mol. The van der Waals surface area contributed by atoms with Gasteiger partial charge in [-0.2, -0.15) is 4.31 Å². The van der Waals surface area contributed by atoms with Crippen LogP contribution in [-0.4, -0.2) is 51.1 Å². The van der Waals surface area contributed by atoms with Crippen molar-refractivity contribution in [3.8, 4) is 0 Å². The normalized spacial score (nSPS) is 20.2. The zero-order valence-electron chi connectivity index (χ0n) is 16.3. The van der Waals surface area contributed by atoms with Crippen molar-refractivity contribution in [1.29, 1.82) is 0 Å². The van der Waals surface area contributed by atoms with E-state index in [0.29, 0.717) is 13.1 Å². The molecule has 160 valence electrons. The first-order valence-corrected chi connectivity index (χ1v) is 12.7. The van der Waals surface area contributed by atoms with E-state index in [0.717, 1.165) is 30.0 Å². The topological polar surface area (TPSA) is 118 Å². The fraction of sp³-hybridized carbons (Fsp3) is 0.350. The van der Waals surface area contributed by atoms with Gasteiger partial charge in [0.2, 0.25) is 26.0 Å². The Labute approximate surface area is 176 Å². The molecule has 0 spiro atoms. The standard InChI is InChI=1S/C20H23N3O5S2/c21-29(25,26)17-8-5-9-18(13-17)30(27,28)23-14-16-7-2-1-6-15(16)12-19(23)20(24)22-10-3-4-11-22/h1-2,5-9,13,19H,3-4,10-12,14H2,(H2,21,25,26). The number of rotatable bonds is 4. The molecule has 1 unspecified atom stereocenters. The molecule has 2 N–H and O–H groups in total. The van der Waals surface area contributed by atoms with Crippen molar-refractivity contribution in [2.24, 2.45) is 5.14 Å². The molecule has 2 aliphatic rings. The van der Waals surface area contributed by atoms with Crippen molar-refractivity contribution in [3.63, 3.8) is 0 Å². The molecule has 1 fully saturated rings. The summed E-state index contributed by atoms with van der Waals surface area (Å²) in [5, 5.41) is 5.17. The number of sulfonamides is 2. The average molecular weight is 450 g/mol. The minimum absolute atomic E-state index is 0.0440. The SMILES string of the molecule is NS(=O)(=O)c1cccc(S(=O)(=O)N2Cc3ccccc3CC2C(=O)N2CCCC2)c1. The molecule has 8 nitrogen and oxygen atoms in total. The Kier molecular flexibility index (Phi) is 5.43. The van der Waals surface area contributed by atoms with E-state index in [1.807, 2.05) is 24.3 Å². The predicted octanol–water partition coefficient (Wildman–Crippen LogP) is 1.07. The smallest absolute Gasteiger partial charge is 0.244 e. The number of carbonyl (C=O) groups is 1. The summed E-state index contributed by atoms with van der Waals surface area (Å²) in [6.45, 7) is 1.28. The molecule has 30 heavy (non-hydrogen) atoms. The maximum absolute atomic E-state index is 13.5. The third-order valence-corrected chi connectivity index (χ3v) is 8.41. The maximum Gasteiger partial charge on any atom is 0.244 e. The highest BCUT2D eigenvalue weighted by Gasteiger charge is 2.41. The van der Waals surface area contributed by atoms with Crippen LogP contribution in [0.15, 0.2) is 58.3 Å². The van der Waals surface area contributed by atoms with Crippen molar-refractivity contribution in [1.82, 2.24) is 9.21 Å². The molecule has 1 amide bonds. The van der Waals surface area contributed by atoms with Crippen LogP contribution >= 0.6 is 0 Å². The number of benzene rings is 2. The van der Waals surface area contributed by atoms with Gasteiger partial charge in [0, 0.05) is 19.6 Å². The number of nitrogens with zero attached hydrogens (tertiary/aromatic N) is 2. The first kappa shape index (κ1) is 21.0. The Balaban J connectivity index is 1.78. The summed E-state index contributed by atoms with van der Waals surface area (Å²) < 4.78 is 51.7. The van der Waals surface area contributed by atoms with E-state index >= 15 is 0 Å². The minimum atomic E-state index is -4.15. The summed E-state index contributed by atoms with van der Waals surface area (Å²) in [4.78, 5) is 14.4. The van der Waals surface area contributed by atoms with Gasteiger partial charge in [-0.25, -0.2) is 22.0 Å². The summed E-state index contributed by atoms with van der Waals surface area (Å²) in [6.07, 6.45) is 2.08. The van der Waals surface area contributed by atoms with Crippen LogP contribution in [-0.2, 0) is 37.8 Å². The Hall–Kier alpha value is -2.27. The fourth-order valence-electron chi connectivity index (χ4n) is 4.06. The molecule has 1 saturated heterocycles. The highest BCUT2D eigenvalue weighted by atomic mass is 32.2. The Bertz CT molecular complexity index is 1190. The quantitative estimate of drug-likeness (QED) is 0.749. The third-order valence-electron chi connectivity index (χ3n) is 5.65. The summed E-state index contributed by atoms with van der Waals surface area (Å²) in [7, 11) is -8.21. The van der Waals surface area contributed by atoms with Crippen LogP contribution in [0, 0.1) is 0 Å². The lowest BCUT2D eigenvalue weighted by Gasteiger charge is -2.36. The molecule has 0 bridgehead atoms. The molecule has 0 aromatic heterocycles. The van der Waals surface area contributed by atoms with Gasteiger partial charge in [0.25, 0.3) is 0 Å². The number of fused-ring (bicyclic) bond motifs is 1. The number of amides is 1. The van der Waals surface area contributed by atoms with Crippen LogP contribution < -0.4 is 5.14 Å². The summed E-state index contributed by atoms with van der Waals surface area (Å²) in [5.41, 5.74) is 1.77. The summed E-state index contributed by atoms with van der Waals surface area (Å²) in [6, 6.07) is 11.5. The summed E-state index contributed by atoms with van der Waals surface area (Å²) in [5.74, 6) is -0.215. The molecule has 0 aliphatic carbocycles. The molecule has 2 aliphatic heterocycles. The van der Waals surface area contributed by atoms with E-state index in [4.69, 9.17) is 5.14 Å². The number of hydrogen-bond donors (Lipinski definition) is 1. The van der Waals surface area contributed by atoms with Crippen molar-refractivity contribution in [2.75, 3.05) is 13.1 Å². The minimum Gasteiger partial charge on any atom is -0.341 e. The molecule has 0 radical (unpaired) electrons. The highest BCUT2D eigenvalue weighted by Crippen LogP contribution is 2.31. The van der Waals surface area contributed by atoms with Gasteiger partial charge >= 0.3 is 0 Å². The zero-order valence-corrected chi connectivity index (χ0v) is 17.9. The van der Waals surface area contributed by atoms with Crippen LogP contribution in [0.25, 0.3) is 0 Å². The van der Waals surface area contributed by atoms with Crippen molar-refractivity contribution >= 4 is 26.0 Å². The number of hydrogen-bond acceptors (Lipinski definition) is 5. The van der Waals surface area contributed by atoms with E-state index in [1.165, 1.54) is 22.5 Å². The van der Waals surface area contributed by atoms with Gasteiger partial charge in [0.1, 0.15) is 6.04 Å². The van der Waals surface area contributed by atoms with Crippen molar-refractivity contribution < 1.29 is 21.6 Å². The first-order chi connectivity index (χ1) is 14.2. The second-order valence-electron chi connectivity index (χ2n) is 7.59. The van der Waals surface area contributed by atoms with Gasteiger partial charge < -0.3 is 4.90 Å². The lowest BCUT2D eigenvalue weighted by Crippen LogP contribution is -2.53. The van der Waals surface area contributed by atoms with Gasteiger partial charge in [0.15, 0.2) is 0 Å². The lowest BCUT2D eigenvalue weighted by molar-refractivity contribution is -0.134. The van der Waals surface area contributed by atoms with Crippen LogP contribution in [0.1, 0.15) is 24.0 Å². The zero-order chi connectivity index (χ0) is 21.5. The van der Waals surface area contributed by atoms with E-state index in [9.17, 15) is 21.6 Å². The van der Waals surface area contributed by atoms with E-state index in [1.54, 1.807) is 4.90 Å². The van der Waals surface area contributed by atoms with Gasteiger partial charge in [0.05, 0.1) is 9.79 Å². The highest BCUT2D eigenvalue weighted by molar-refractivity contribution is 7.90. The molecular weight excluding hydrogens is 426 g/mol. The number of primary sulfonamides is 1.